The molecule has 4 aromatic rings. The zero-order valence-electron chi connectivity index (χ0n) is 22.4. The summed E-state index contributed by atoms with van der Waals surface area (Å²) in [5, 5.41) is 3.30. The van der Waals surface area contributed by atoms with Crippen LogP contribution in [0.15, 0.2) is 36.8 Å². The summed E-state index contributed by atoms with van der Waals surface area (Å²) < 4.78 is 47.0. The smallest absolute Gasteiger partial charge is 0.434 e. The molecule has 2 fully saturated rings. The van der Waals surface area contributed by atoms with Crippen molar-refractivity contribution in [2.45, 2.75) is 70.1 Å². The number of nitrogens with one attached hydrogen (secondary N) is 1. The largest absolute Gasteiger partial charge is 0.480 e. The normalized spacial score (nSPS) is 15.5. The first-order chi connectivity index (χ1) is 19.2. The summed E-state index contributed by atoms with van der Waals surface area (Å²) in [6.45, 7) is 4.07. The zero-order valence-corrected chi connectivity index (χ0v) is 22.4. The molecule has 9 nitrogen and oxygen atoms in total. The monoisotopic (exact) mass is 550 g/mol. The first kappa shape index (κ1) is 26.1. The second-order valence-electron chi connectivity index (χ2n) is 10.5. The van der Waals surface area contributed by atoms with Crippen LogP contribution in [-0.4, -0.2) is 41.6 Å². The lowest BCUT2D eigenvalue weighted by molar-refractivity contribution is -0.140. The average molecular weight is 551 g/mol. The molecule has 0 unspecified atom stereocenters. The Bertz CT molecular complexity index is 1530. The SMILES string of the molecule is COc1ncnc(C2CC2)c1-c1nc(NCc2ccc(-c3nc(C(F)(F)F)cn3C(C)C)cc2)nc(C2CC2)n1. The van der Waals surface area contributed by atoms with Gasteiger partial charge in [0.2, 0.25) is 11.8 Å². The van der Waals surface area contributed by atoms with Crippen LogP contribution in [0.25, 0.3) is 22.8 Å². The number of hydrogen-bond acceptors (Lipinski definition) is 8. The minimum atomic E-state index is -4.50. The molecule has 208 valence electrons. The van der Waals surface area contributed by atoms with E-state index in [2.05, 4.69) is 25.3 Å². The van der Waals surface area contributed by atoms with Crippen LogP contribution in [0.3, 0.4) is 0 Å². The molecular formula is C28H29F3N8O. The zero-order chi connectivity index (χ0) is 28.0. The third kappa shape index (κ3) is 5.34. The number of hydrogen-bond donors (Lipinski definition) is 1. The van der Waals surface area contributed by atoms with E-state index in [0.29, 0.717) is 47.2 Å². The van der Waals surface area contributed by atoms with Crippen LogP contribution >= 0.6 is 0 Å². The fourth-order valence-electron chi connectivity index (χ4n) is 4.61. The Labute approximate surface area is 229 Å². The summed E-state index contributed by atoms with van der Waals surface area (Å²) in [5.41, 5.74) is 2.23. The molecule has 2 aliphatic rings. The number of benzene rings is 1. The third-order valence-electron chi connectivity index (χ3n) is 7.06. The molecule has 2 saturated carbocycles. The van der Waals surface area contributed by atoms with Gasteiger partial charge in [-0.1, -0.05) is 24.3 Å². The molecule has 0 amide bonds. The van der Waals surface area contributed by atoms with Crippen molar-refractivity contribution in [3.05, 3.63) is 59.6 Å². The number of ether oxygens (including phenoxy) is 1. The van der Waals surface area contributed by atoms with Gasteiger partial charge in [-0.05, 0) is 45.1 Å². The van der Waals surface area contributed by atoms with Gasteiger partial charge in [-0.25, -0.2) is 19.9 Å². The van der Waals surface area contributed by atoms with E-state index in [9.17, 15) is 13.2 Å². The lowest BCUT2D eigenvalue weighted by Gasteiger charge is -2.13. The van der Waals surface area contributed by atoms with Gasteiger partial charge >= 0.3 is 6.18 Å². The van der Waals surface area contributed by atoms with Gasteiger partial charge in [0.25, 0.3) is 0 Å². The second kappa shape index (κ2) is 10.1. The van der Waals surface area contributed by atoms with E-state index in [1.807, 2.05) is 26.0 Å². The Balaban J connectivity index is 1.26. The highest BCUT2D eigenvalue weighted by atomic mass is 19.4. The van der Waals surface area contributed by atoms with Gasteiger partial charge in [-0.3, -0.25) is 0 Å². The van der Waals surface area contributed by atoms with Gasteiger partial charge in [0.15, 0.2) is 11.5 Å². The second-order valence-corrected chi connectivity index (χ2v) is 10.5. The summed E-state index contributed by atoms with van der Waals surface area (Å²) >= 11 is 0. The Morgan fingerprint density at radius 1 is 0.975 bits per heavy atom. The maximum atomic E-state index is 13.3. The van der Waals surface area contributed by atoms with Crippen LogP contribution in [0.4, 0.5) is 19.1 Å². The van der Waals surface area contributed by atoms with Gasteiger partial charge < -0.3 is 14.6 Å². The van der Waals surface area contributed by atoms with Gasteiger partial charge in [-0.2, -0.15) is 23.1 Å². The van der Waals surface area contributed by atoms with E-state index >= 15 is 0 Å². The molecular weight excluding hydrogens is 521 g/mol. The van der Waals surface area contributed by atoms with Crippen molar-refractivity contribution in [2.24, 2.45) is 0 Å². The van der Waals surface area contributed by atoms with Crippen LogP contribution in [0.2, 0.25) is 0 Å². The van der Waals surface area contributed by atoms with Gasteiger partial charge in [-0.15, -0.1) is 0 Å². The maximum absolute atomic E-state index is 13.3. The van der Waals surface area contributed by atoms with E-state index in [1.54, 1.807) is 23.8 Å². The lowest BCUT2D eigenvalue weighted by Crippen LogP contribution is -2.10. The van der Waals surface area contributed by atoms with Crippen molar-refractivity contribution < 1.29 is 17.9 Å². The summed E-state index contributed by atoms with van der Waals surface area (Å²) in [6.07, 6.45) is 2.26. The molecule has 12 heteroatoms. The molecule has 3 heterocycles. The van der Waals surface area contributed by atoms with Crippen LogP contribution in [0.5, 0.6) is 5.88 Å². The molecule has 40 heavy (non-hydrogen) atoms. The topological polar surface area (TPSA) is 104 Å². The molecule has 0 saturated heterocycles. The van der Waals surface area contributed by atoms with E-state index in [0.717, 1.165) is 49.0 Å². The van der Waals surface area contributed by atoms with Crippen molar-refractivity contribution >= 4 is 5.95 Å². The van der Waals surface area contributed by atoms with Gasteiger partial charge in [0.1, 0.15) is 23.5 Å². The standard InChI is InChI=1S/C28H29F3N8O/c1-15(2)39-13-20(28(29,30)31)35-25(39)19-6-4-16(5-7-19)12-32-27-37-23(18-10-11-18)36-24(38-27)21-22(17-8-9-17)33-14-34-26(21)40-3/h4-7,13-15,17-18H,8-12H2,1-3H3,(H,32,36,37,38). The Kier molecular flexibility index (Phi) is 6.63. The Hall–Kier alpha value is -4.09. The lowest BCUT2D eigenvalue weighted by atomic mass is 10.1. The fraction of sp³-hybridized carbons (Fsp3) is 0.429. The number of imidazole rings is 1. The number of alkyl halides is 3. The van der Waals surface area contributed by atoms with Crippen LogP contribution in [0, 0.1) is 0 Å². The number of rotatable bonds is 9. The number of nitrogens with zero attached hydrogens (tertiary/aromatic N) is 7. The molecule has 0 bridgehead atoms. The highest BCUT2D eigenvalue weighted by Gasteiger charge is 2.36. The minimum Gasteiger partial charge on any atom is -0.480 e. The molecule has 1 N–H and O–H groups in total. The molecule has 3 aromatic heterocycles. The predicted molar refractivity (Wildman–Crippen MR) is 142 cm³/mol. The number of anilines is 1. The molecule has 0 atom stereocenters. The molecule has 0 aliphatic heterocycles. The molecule has 0 radical (unpaired) electrons. The molecule has 6 rings (SSSR count). The summed E-state index contributed by atoms with van der Waals surface area (Å²) in [4.78, 5) is 26.9. The number of methoxy groups -OCH3 is 1. The summed E-state index contributed by atoms with van der Waals surface area (Å²) in [5.74, 6) is 3.04. The van der Waals surface area contributed by atoms with Crippen molar-refractivity contribution in [2.75, 3.05) is 12.4 Å². The van der Waals surface area contributed by atoms with Crippen LogP contribution in [-0.2, 0) is 12.7 Å². The highest BCUT2D eigenvalue weighted by Crippen LogP contribution is 2.45. The number of aromatic nitrogens is 7. The predicted octanol–water partition coefficient (Wildman–Crippen LogP) is 6.17. The maximum Gasteiger partial charge on any atom is 0.434 e. The highest BCUT2D eigenvalue weighted by molar-refractivity contribution is 5.66. The van der Waals surface area contributed by atoms with Crippen molar-refractivity contribution in [3.63, 3.8) is 0 Å². The van der Waals surface area contributed by atoms with Crippen molar-refractivity contribution in [1.82, 2.24) is 34.5 Å². The first-order valence-electron chi connectivity index (χ1n) is 13.4. The molecule has 1 aromatic carbocycles. The van der Waals surface area contributed by atoms with Crippen molar-refractivity contribution in [3.8, 4) is 28.7 Å². The van der Waals surface area contributed by atoms with E-state index in [4.69, 9.17) is 14.7 Å². The minimum absolute atomic E-state index is 0.173. The Morgan fingerprint density at radius 2 is 1.70 bits per heavy atom. The molecule has 2 aliphatic carbocycles. The van der Waals surface area contributed by atoms with E-state index in [1.165, 1.54) is 6.33 Å². The summed E-state index contributed by atoms with van der Waals surface area (Å²) in [6, 6.07) is 7.10. The Morgan fingerprint density at radius 3 is 2.33 bits per heavy atom. The van der Waals surface area contributed by atoms with Crippen LogP contribution in [0.1, 0.15) is 80.2 Å². The van der Waals surface area contributed by atoms with E-state index in [-0.39, 0.29) is 11.9 Å². The van der Waals surface area contributed by atoms with Crippen molar-refractivity contribution in [1.29, 1.82) is 0 Å². The first-order valence-corrected chi connectivity index (χ1v) is 13.4. The third-order valence-corrected chi connectivity index (χ3v) is 7.06. The van der Waals surface area contributed by atoms with Gasteiger partial charge in [0.05, 0.1) is 12.8 Å². The van der Waals surface area contributed by atoms with E-state index < -0.39 is 11.9 Å². The fourth-order valence-corrected chi connectivity index (χ4v) is 4.61. The summed E-state index contributed by atoms with van der Waals surface area (Å²) in [7, 11) is 1.58. The van der Waals surface area contributed by atoms with Crippen LogP contribution < -0.4 is 10.1 Å². The molecule has 0 spiro atoms. The number of halogens is 3. The van der Waals surface area contributed by atoms with Gasteiger partial charge in [0, 0.05) is 36.2 Å². The average Bonchev–Trinajstić information content (AvgIpc) is 3.88. The quantitative estimate of drug-likeness (QED) is 0.264.